The average Bonchev–Trinajstić information content (AvgIpc) is 2.72. The third kappa shape index (κ3) is 4.99. The van der Waals surface area contributed by atoms with Crippen molar-refractivity contribution in [2.24, 2.45) is 5.92 Å². The number of thiophene rings is 1. The first-order valence-electron chi connectivity index (χ1n) is 6.22. The van der Waals surface area contributed by atoms with Crippen LogP contribution in [-0.4, -0.2) is 30.3 Å². The average molecular weight is 264 g/mol. The fraction of sp³-hybridized carbons (Fsp3) is 0.571. The zero-order valence-corrected chi connectivity index (χ0v) is 12.1. The van der Waals surface area contributed by atoms with Crippen LogP contribution in [0.3, 0.4) is 0 Å². The molecule has 1 rings (SSSR count). The van der Waals surface area contributed by atoms with Crippen molar-refractivity contribution < 1.29 is 4.79 Å². The van der Waals surface area contributed by atoms with E-state index in [0.29, 0.717) is 25.4 Å². The normalized spacial score (nSPS) is 10.9. The molecule has 98 valence electrons. The maximum Gasteiger partial charge on any atom is 0.186 e. The van der Waals surface area contributed by atoms with Crippen molar-refractivity contribution in [3.05, 3.63) is 21.9 Å². The molecule has 0 atom stereocenters. The number of Topliss-reactive ketones (excluding diaryl/α,β-unsaturated/α-hetero) is 1. The molecule has 0 saturated carbocycles. The van der Waals surface area contributed by atoms with Gasteiger partial charge in [0, 0.05) is 24.4 Å². The molecule has 3 nitrogen and oxygen atoms in total. The standard InChI is InChI=1S/C14H20N2OS/c1-11(2)9-16(8-4-7-15)10-13(17)14-6-5-12(3)18-14/h5-6,11H,4,8-10H2,1-3H3. The van der Waals surface area contributed by atoms with Crippen molar-refractivity contribution in [3.8, 4) is 6.07 Å². The highest BCUT2D eigenvalue weighted by molar-refractivity contribution is 7.14. The molecule has 1 aromatic rings. The number of ketones is 1. The van der Waals surface area contributed by atoms with Gasteiger partial charge in [0.05, 0.1) is 17.5 Å². The van der Waals surface area contributed by atoms with E-state index in [0.717, 1.165) is 16.3 Å². The molecule has 0 aliphatic carbocycles. The molecule has 0 radical (unpaired) electrons. The van der Waals surface area contributed by atoms with Crippen LogP contribution in [0, 0.1) is 24.2 Å². The molecule has 18 heavy (non-hydrogen) atoms. The van der Waals surface area contributed by atoms with E-state index in [1.54, 1.807) is 0 Å². The zero-order chi connectivity index (χ0) is 13.5. The summed E-state index contributed by atoms with van der Waals surface area (Å²) in [6.45, 7) is 8.20. The Kier molecular flexibility index (Phi) is 6.03. The van der Waals surface area contributed by atoms with Crippen molar-refractivity contribution in [1.82, 2.24) is 4.90 Å². The second-order valence-corrected chi connectivity index (χ2v) is 6.16. The van der Waals surface area contributed by atoms with E-state index in [1.807, 2.05) is 19.1 Å². The minimum absolute atomic E-state index is 0.159. The number of carbonyl (C=O) groups is 1. The first kappa shape index (κ1) is 14.9. The Morgan fingerprint density at radius 3 is 2.72 bits per heavy atom. The van der Waals surface area contributed by atoms with Crippen molar-refractivity contribution in [1.29, 1.82) is 5.26 Å². The minimum Gasteiger partial charge on any atom is -0.294 e. The summed E-state index contributed by atoms with van der Waals surface area (Å²) in [5.74, 6) is 0.660. The fourth-order valence-corrected chi connectivity index (χ4v) is 2.62. The van der Waals surface area contributed by atoms with Crippen LogP contribution in [-0.2, 0) is 0 Å². The molecule has 0 N–H and O–H groups in total. The highest BCUT2D eigenvalue weighted by atomic mass is 32.1. The van der Waals surface area contributed by atoms with E-state index in [2.05, 4.69) is 24.8 Å². The monoisotopic (exact) mass is 264 g/mol. The smallest absolute Gasteiger partial charge is 0.186 e. The lowest BCUT2D eigenvalue weighted by molar-refractivity contribution is 0.0928. The second kappa shape index (κ2) is 7.30. The molecule has 0 saturated heterocycles. The quantitative estimate of drug-likeness (QED) is 0.711. The zero-order valence-electron chi connectivity index (χ0n) is 11.3. The molecule has 0 spiro atoms. The molecular weight excluding hydrogens is 244 g/mol. The minimum atomic E-state index is 0.159. The van der Waals surface area contributed by atoms with Gasteiger partial charge in [-0.1, -0.05) is 13.8 Å². The van der Waals surface area contributed by atoms with Crippen LogP contribution in [0.15, 0.2) is 12.1 Å². The maximum atomic E-state index is 12.1. The molecule has 0 amide bonds. The van der Waals surface area contributed by atoms with Crippen LogP contribution in [0.25, 0.3) is 0 Å². The first-order chi connectivity index (χ1) is 8.52. The van der Waals surface area contributed by atoms with Gasteiger partial charge in [0.15, 0.2) is 5.78 Å². The third-order valence-corrected chi connectivity index (χ3v) is 3.59. The molecule has 4 heteroatoms. The summed E-state index contributed by atoms with van der Waals surface area (Å²) in [7, 11) is 0. The molecule has 0 bridgehead atoms. The van der Waals surface area contributed by atoms with Gasteiger partial charge >= 0.3 is 0 Å². The number of rotatable bonds is 7. The molecule has 1 aromatic heterocycles. The number of carbonyl (C=O) groups excluding carboxylic acids is 1. The Morgan fingerprint density at radius 2 is 2.22 bits per heavy atom. The van der Waals surface area contributed by atoms with Crippen LogP contribution < -0.4 is 0 Å². The van der Waals surface area contributed by atoms with E-state index >= 15 is 0 Å². The summed E-state index contributed by atoms with van der Waals surface area (Å²) >= 11 is 1.54. The van der Waals surface area contributed by atoms with Gasteiger partial charge in [-0.25, -0.2) is 0 Å². The lowest BCUT2D eigenvalue weighted by Crippen LogP contribution is -2.33. The van der Waals surface area contributed by atoms with Crippen LogP contribution in [0.2, 0.25) is 0 Å². The highest BCUT2D eigenvalue weighted by Crippen LogP contribution is 2.16. The van der Waals surface area contributed by atoms with E-state index < -0.39 is 0 Å². The predicted molar refractivity (Wildman–Crippen MR) is 74.9 cm³/mol. The maximum absolute atomic E-state index is 12.1. The molecule has 0 fully saturated rings. The lowest BCUT2D eigenvalue weighted by Gasteiger charge is -2.22. The molecule has 1 heterocycles. The lowest BCUT2D eigenvalue weighted by atomic mass is 10.2. The highest BCUT2D eigenvalue weighted by Gasteiger charge is 2.14. The van der Waals surface area contributed by atoms with Gasteiger partial charge in [-0.05, 0) is 25.0 Å². The van der Waals surface area contributed by atoms with E-state index in [1.165, 1.54) is 11.3 Å². The van der Waals surface area contributed by atoms with E-state index in [9.17, 15) is 4.79 Å². The van der Waals surface area contributed by atoms with Crippen molar-refractivity contribution in [3.63, 3.8) is 0 Å². The van der Waals surface area contributed by atoms with Gasteiger partial charge in [-0.2, -0.15) is 5.26 Å². The van der Waals surface area contributed by atoms with Gasteiger partial charge in [0.1, 0.15) is 0 Å². The first-order valence-corrected chi connectivity index (χ1v) is 7.03. The number of hydrogen-bond acceptors (Lipinski definition) is 4. The summed E-state index contributed by atoms with van der Waals surface area (Å²) in [5, 5.41) is 8.64. The van der Waals surface area contributed by atoms with Crippen LogP contribution in [0.1, 0.15) is 34.8 Å². The van der Waals surface area contributed by atoms with Crippen molar-refractivity contribution in [2.45, 2.75) is 27.2 Å². The Morgan fingerprint density at radius 1 is 1.50 bits per heavy atom. The second-order valence-electron chi connectivity index (χ2n) is 4.87. The van der Waals surface area contributed by atoms with Crippen LogP contribution in [0.5, 0.6) is 0 Å². The van der Waals surface area contributed by atoms with Gasteiger partial charge in [-0.15, -0.1) is 11.3 Å². The third-order valence-electron chi connectivity index (χ3n) is 2.55. The number of aryl methyl sites for hydroxylation is 1. The Balaban J connectivity index is 2.59. The predicted octanol–water partition coefficient (Wildman–Crippen LogP) is 3.11. The molecular formula is C14H20N2OS. The SMILES string of the molecule is Cc1ccc(C(=O)CN(CCC#N)CC(C)C)s1. The van der Waals surface area contributed by atoms with Gasteiger partial charge in [-0.3, -0.25) is 9.69 Å². The van der Waals surface area contributed by atoms with Crippen LogP contribution in [0.4, 0.5) is 0 Å². The van der Waals surface area contributed by atoms with Gasteiger partial charge in [0.25, 0.3) is 0 Å². The van der Waals surface area contributed by atoms with Gasteiger partial charge in [0.2, 0.25) is 0 Å². The van der Waals surface area contributed by atoms with Crippen molar-refractivity contribution >= 4 is 17.1 Å². The summed E-state index contributed by atoms with van der Waals surface area (Å²) in [6.07, 6.45) is 0.476. The summed E-state index contributed by atoms with van der Waals surface area (Å²) < 4.78 is 0. The summed E-state index contributed by atoms with van der Waals surface area (Å²) in [5.41, 5.74) is 0. The Labute approximate surface area is 113 Å². The summed E-state index contributed by atoms with van der Waals surface area (Å²) in [6, 6.07) is 6.00. The fourth-order valence-electron chi connectivity index (χ4n) is 1.82. The molecule has 0 aliphatic heterocycles. The Hall–Kier alpha value is -1.18. The van der Waals surface area contributed by atoms with Crippen molar-refractivity contribution in [2.75, 3.05) is 19.6 Å². The van der Waals surface area contributed by atoms with E-state index in [-0.39, 0.29) is 5.78 Å². The molecule has 0 aliphatic rings. The number of hydrogen-bond donors (Lipinski definition) is 0. The molecule has 0 aromatic carbocycles. The topological polar surface area (TPSA) is 44.1 Å². The number of nitriles is 1. The summed E-state index contributed by atoms with van der Waals surface area (Å²) in [4.78, 5) is 16.1. The number of nitrogens with zero attached hydrogens (tertiary/aromatic N) is 2. The van der Waals surface area contributed by atoms with Gasteiger partial charge < -0.3 is 0 Å². The largest absolute Gasteiger partial charge is 0.294 e. The Bertz CT molecular complexity index is 431. The van der Waals surface area contributed by atoms with Crippen LogP contribution >= 0.6 is 11.3 Å². The molecule has 0 unspecified atom stereocenters. The van der Waals surface area contributed by atoms with E-state index in [4.69, 9.17) is 5.26 Å².